The van der Waals surface area contributed by atoms with Crippen LogP contribution in [-0.2, 0) is 6.18 Å². The van der Waals surface area contributed by atoms with E-state index >= 15 is 0 Å². The molecular formula is C17H17F3N2O. The Labute approximate surface area is 132 Å². The lowest BCUT2D eigenvalue weighted by Crippen LogP contribution is -2.13. The third kappa shape index (κ3) is 4.74. The minimum absolute atomic E-state index is 0.169. The van der Waals surface area contributed by atoms with Crippen LogP contribution in [0.1, 0.15) is 29.8 Å². The zero-order chi connectivity index (χ0) is 17.0. The van der Waals surface area contributed by atoms with Crippen LogP contribution in [0, 0.1) is 0 Å². The molecule has 0 fully saturated rings. The third-order valence-corrected chi connectivity index (χ3v) is 3.07. The molecule has 0 bridgehead atoms. The Morgan fingerprint density at radius 2 is 1.43 bits per heavy atom. The second kappa shape index (κ2) is 6.73. The smallest absolute Gasteiger partial charge is 0.383 e. The van der Waals surface area contributed by atoms with Gasteiger partial charge in [-0.05, 0) is 62.4 Å². The summed E-state index contributed by atoms with van der Waals surface area (Å²) in [5.74, 6) is -0.455. The van der Waals surface area contributed by atoms with Crippen molar-refractivity contribution in [2.75, 3.05) is 10.6 Å². The van der Waals surface area contributed by atoms with E-state index in [0.29, 0.717) is 11.7 Å². The predicted molar refractivity (Wildman–Crippen MR) is 84.6 cm³/mol. The molecule has 23 heavy (non-hydrogen) atoms. The summed E-state index contributed by atoms with van der Waals surface area (Å²) in [7, 11) is 0. The van der Waals surface area contributed by atoms with Crippen LogP contribution < -0.4 is 10.6 Å². The number of benzene rings is 2. The van der Waals surface area contributed by atoms with Crippen molar-refractivity contribution >= 4 is 17.3 Å². The Morgan fingerprint density at radius 1 is 0.913 bits per heavy atom. The van der Waals surface area contributed by atoms with Gasteiger partial charge in [-0.25, -0.2) is 0 Å². The fraction of sp³-hybridized carbons (Fsp3) is 0.235. The summed E-state index contributed by atoms with van der Waals surface area (Å²) in [4.78, 5) is 12.0. The number of amides is 1. The largest absolute Gasteiger partial charge is 0.416 e. The molecule has 0 aliphatic heterocycles. The minimum Gasteiger partial charge on any atom is -0.383 e. The number of halogens is 3. The monoisotopic (exact) mass is 322 g/mol. The molecular weight excluding hydrogens is 305 g/mol. The molecule has 2 N–H and O–H groups in total. The van der Waals surface area contributed by atoms with Crippen LogP contribution in [0.3, 0.4) is 0 Å². The number of carbonyl (C=O) groups excluding carboxylic acids is 1. The van der Waals surface area contributed by atoms with Gasteiger partial charge in [0.05, 0.1) is 5.56 Å². The maximum Gasteiger partial charge on any atom is 0.416 e. The molecule has 2 aromatic rings. The fourth-order valence-electron chi connectivity index (χ4n) is 2.00. The highest BCUT2D eigenvalue weighted by Gasteiger charge is 2.30. The first kappa shape index (κ1) is 16.9. The molecule has 122 valence electrons. The Balaban J connectivity index is 2.04. The van der Waals surface area contributed by atoms with Crippen molar-refractivity contribution in [3.05, 3.63) is 59.7 Å². The van der Waals surface area contributed by atoms with E-state index in [2.05, 4.69) is 10.6 Å². The van der Waals surface area contributed by atoms with Gasteiger partial charge >= 0.3 is 6.18 Å². The van der Waals surface area contributed by atoms with Gasteiger partial charge in [-0.3, -0.25) is 4.79 Å². The van der Waals surface area contributed by atoms with Gasteiger partial charge in [-0.1, -0.05) is 0 Å². The molecule has 0 aliphatic rings. The van der Waals surface area contributed by atoms with E-state index in [1.165, 1.54) is 0 Å². The third-order valence-electron chi connectivity index (χ3n) is 3.07. The van der Waals surface area contributed by atoms with Gasteiger partial charge < -0.3 is 10.6 Å². The van der Waals surface area contributed by atoms with Crippen molar-refractivity contribution in [2.24, 2.45) is 0 Å². The van der Waals surface area contributed by atoms with Crippen LogP contribution in [0.4, 0.5) is 24.5 Å². The molecule has 0 aromatic heterocycles. The molecule has 0 saturated carbocycles. The number of nitrogens with one attached hydrogen (secondary N) is 2. The molecule has 0 saturated heterocycles. The Hall–Kier alpha value is -2.50. The maximum atomic E-state index is 12.5. The van der Waals surface area contributed by atoms with Crippen LogP contribution >= 0.6 is 0 Å². The van der Waals surface area contributed by atoms with E-state index in [4.69, 9.17) is 0 Å². The second-order valence-electron chi connectivity index (χ2n) is 5.41. The lowest BCUT2D eigenvalue weighted by Gasteiger charge is -2.11. The van der Waals surface area contributed by atoms with E-state index in [1.807, 2.05) is 26.0 Å². The van der Waals surface area contributed by atoms with Crippen molar-refractivity contribution in [1.29, 1.82) is 0 Å². The van der Waals surface area contributed by atoms with Crippen LogP contribution in [-0.4, -0.2) is 11.9 Å². The number of anilines is 2. The first-order valence-electron chi connectivity index (χ1n) is 7.11. The minimum atomic E-state index is -4.41. The number of hydrogen-bond acceptors (Lipinski definition) is 2. The summed E-state index contributed by atoms with van der Waals surface area (Å²) in [5, 5.41) is 5.87. The highest BCUT2D eigenvalue weighted by atomic mass is 19.4. The molecule has 2 aromatic carbocycles. The molecule has 2 rings (SSSR count). The van der Waals surface area contributed by atoms with Gasteiger partial charge in [0.1, 0.15) is 0 Å². The molecule has 0 atom stereocenters. The lowest BCUT2D eigenvalue weighted by atomic mass is 10.1. The molecule has 0 spiro atoms. The zero-order valence-electron chi connectivity index (χ0n) is 12.7. The zero-order valence-corrected chi connectivity index (χ0v) is 12.7. The molecule has 0 radical (unpaired) electrons. The number of alkyl halides is 3. The summed E-state index contributed by atoms with van der Waals surface area (Å²) >= 11 is 0. The average molecular weight is 322 g/mol. The highest BCUT2D eigenvalue weighted by molar-refractivity contribution is 6.04. The Kier molecular flexibility index (Phi) is 4.93. The Morgan fingerprint density at radius 3 is 1.91 bits per heavy atom. The second-order valence-corrected chi connectivity index (χ2v) is 5.41. The van der Waals surface area contributed by atoms with Crippen LogP contribution in [0.5, 0.6) is 0 Å². The van der Waals surface area contributed by atoms with Gasteiger partial charge in [-0.2, -0.15) is 13.2 Å². The molecule has 6 heteroatoms. The van der Waals surface area contributed by atoms with Gasteiger partial charge in [0, 0.05) is 23.0 Å². The summed E-state index contributed by atoms with van der Waals surface area (Å²) in [6, 6.07) is 11.5. The van der Waals surface area contributed by atoms with Crippen molar-refractivity contribution in [2.45, 2.75) is 26.1 Å². The van der Waals surface area contributed by atoms with Gasteiger partial charge in [-0.15, -0.1) is 0 Å². The first-order valence-corrected chi connectivity index (χ1v) is 7.11. The van der Waals surface area contributed by atoms with Gasteiger partial charge in [0.25, 0.3) is 5.91 Å². The quantitative estimate of drug-likeness (QED) is 0.850. The van der Waals surface area contributed by atoms with Crippen molar-refractivity contribution in [3.63, 3.8) is 0 Å². The lowest BCUT2D eigenvalue weighted by molar-refractivity contribution is -0.137. The highest BCUT2D eigenvalue weighted by Crippen LogP contribution is 2.29. The van der Waals surface area contributed by atoms with Crippen molar-refractivity contribution < 1.29 is 18.0 Å². The van der Waals surface area contributed by atoms with Gasteiger partial charge in [0.2, 0.25) is 0 Å². The van der Waals surface area contributed by atoms with Crippen LogP contribution in [0.15, 0.2) is 48.5 Å². The van der Waals surface area contributed by atoms with Crippen LogP contribution in [0.25, 0.3) is 0 Å². The molecule has 0 heterocycles. The average Bonchev–Trinajstić information content (AvgIpc) is 2.48. The molecule has 0 unspecified atom stereocenters. The summed E-state index contributed by atoms with van der Waals surface area (Å²) in [6.45, 7) is 4.03. The number of hydrogen-bond donors (Lipinski definition) is 2. The molecule has 3 nitrogen and oxygen atoms in total. The normalized spacial score (nSPS) is 11.4. The topological polar surface area (TPSA) is 41.1 Å². The van der Waals surface area contributed by atoms with E-state index < -0.39 is 17.6 Å². The SMILES string of the molecule is CC(C)Nc1ccc(NC(=O)c2ccc(C(F)(F)F)cc2)cc1. The first-order chi connectivity index (χ1) is 10.8. The van der Waals surface area contributed by atoms with Crippen LogP contribution in [0.2, 0.25) is 0 Å². The molecule has 0 aliphatic carbocycles. The standard InChI is InChI=1S/C17H17F3N2O/c1-11(2)21-14-7-9-15(10-8-14)22-16(23)12-3-5-13(6-4-12)17(18,19)20/h3-11,21H,1-2H3,(H,22,23). The number of rotatable bonds is 4. The van der Waals surface area contributed by atoms with E-state index in [1.54, 1.807) is 12.1 Å². The summed E-state index contributed by atoms with van der Waals surface area (Å²) in [5.41, 5.74) is 0.886. The van der Waals surface area contributed by atoms with E-state index in [0.717, 1.165) is 30.0 Å². The fourth-order valence-corrected chi connectivity index (χ4v) is 2.00. The van der Waals surface area contributed by atoms with Crippen molar-refractivity contribution in [1.82, 2.24) is 0 Å². The molecule has 1 amide bonds. The predicted octanol–water partition coefficient (Wildman–Crippen LogP) is 4.78. The van der Waals surface area contributed by atoms with Crippen molar-refractivity contribution in [3.8, 4) is 0 Å². The Bertz CT molecular complexity index is 662. The van der Waals surface area contributed by atoms with Gasteiger partial charge in [0.15, 0.2) is 0 Å². The van der Waals surface area contributed by atoms with E-state index in [-0.39, 0.29) is 5.56 Å². The van der Waals surface area contributed by atoms with E-state index in [9.17, 15) is 18.0 Å². The summed E-state index contributed by atoms with van der Waals surface area (Å²) in [6.07, 6.45) is -4.41. The number of carbonyl (C=O) groups is 1. The summed E-state index contributed by atoms with van der Waals surface area (Å²) < 4.78 is 37.5. The maximum absolute atomic E-state index is 12.5.